The van der Waals surface area contributed by atoms with Crippen molar-refractivity contribution in [3.63, 3.8) is 0 Å². The van der Waals surface area contributed by atoms with Crippen LogP contribution in [0.4, 0.5) is 11.6 Å². The van der Waals surface area contributed by atoms with Gasteiger partial charge < -0.3 is 19.6 Å². The molecule has 0 amide bonds. The van der Waals surface area contributed by atoms with Crippen LogP contribution >= 0.6 is 0 Å². The molecule has 1 aromatic heterocycles. The van der Waals surface area contributed by atoms with Crippen molar-refractivity contribution in [2.75, 3.05) is 76.3 Å². The minimum absolute atomic E-state index is 0.655. The number of rotatable bonds is 8. The van der Waals surface area contributed by atoms with Crippen molar-refractivity contribution in [2.45, 2.75) is 26.7 Å². The number of hydrogen-bond acceptors (Lipinski definition) is 6. The smallest absolute Gasteiger partial charge is 0.148 e. The van der Waals surface area contributed by atoms with Crippen molar-refractivity contribution in [1.29, 1.82) is 5.26 Å². The molecule has 0 unspecified atom stereocenters. The monoisotopic (exact) mass is 384 g/mol. The van der Waals surface area contributed by atoms with Crippen LogP contribution in [0.1, 0.15) is 32.3 Å². The predicted molar refractivity (Wildman–Crippen MR) is 116 cm³/mol. The second-order valence-electron chi connectivity index (χ2n) is 8.56. The second kappa shape index (κ2) is 9.58. The summed E-state index contributed by atoms with van der Waals surface area (Å²) in [6.07, 6.45) is 2.40. The van der Waals surface area contributed by atoms with Gasteiger partial charge in [-0.3, -0.25) is 0 Å². The van der Waals surface area contributed by atoms with Crippen LogP contribution in [0.2, 0.25) is 0 Å². The largest absolute Gasteiger partial charge is 0.356 e. The van der Waals surface area contributed by atoms with Gasteiger partial charge in [0.2, 0.25) is 0 Å². The van der Waals surface area contributed by atoms with Crippen molar-refractivity contribution in [1.82, 2.24) is 14.8 Å². The summed E-state index contributed by atoms with van der Waals surface area (Å²) < 4.78 is 0. The summed E-state index contributed by atoms with van der Waals surface area (Å²) in [6, 6.07) is 6.36. The molecule has 2 atom stereocenters. The Kier molecular flexibility index (Phi) is 7.14. The van der Waals surface area contributed by atoms with Crippen LogP contribution in [0.15, 0.2) is 12.1 Å². The van der Waals surface area contributed by atoms with Gasteiger partial charge in [-0.05, 0) is 64.0 Å². The highest BCUT2D eigenvalue weighted by Gasteiger charge is 2.28. The third-order valence-corrected chi connectivity index (χ3v) is 6.40. The lowest BCUT2D eigenvalue weighted by Gasteiger charge is -2.24. The molecule has 0 N–H and O–H groups in total. The maximum Gasteiger partial charge on any atom is 0.148 e. The summed E-state index contributed by atoms with van der Waals surface area (Å²) in [6.45, 7) is 13.0. The summed E-state index contributed by atoms with van der Waals surface area (Å²) >= 11 is 0. The van der Waals surface area contributed by atoms with Crippen molar-refractivity contribution >= 4 is 11.6 Å². The lowest BCUT2D eigenvalue weighted by Crippen LogP contribution is -2.30. The van der Waals surface area contributed by atoms with E-state index in [4.69, 9.17) is 4.98 Å². The van der Waals surface area contributed by atoms with E-state index < -0.39 is 0 Å². The van der Waals surface area contributed by atoms with Gasteiger partial charge in [-0.25, -0.2) is 4.98 Å². The van der Waals surface area contributed by atoms with Gasteiger partial charge in [-0.2, -0.15) is 5.26 Å². The molecule has 0 bridgehead atoms. The highest BCUT2D eigenvalue weighted by atomic mass is 15.3. The number of nitrogens with zero attached hydrogens (tertiary/aromatic N) is 6. The number of anilines is 2. The van der Waals surface area contributed by atoms with E-state index >= 15 is 0 Å². The number of pyridine rings is 1. The Bertz CT molecular complexity index is 684. The summed E-state index contributed by atoms with van der Waals surface area (Å²) in [5.74, 6) is 3.27. The Hall–Kier alpha value is -1.84. The number of hydrogen-bond donors (Lipinski definition) is 0. The number of nitriles is 1. The highest BCUT2D eigenvalue weighted by molar-refractivity contribution is 5.59. The van der Waals surface area contributed by atoms with Gasteiger partial charge in [0.1, 0.15) is 17.7 Å². The normalized spacial score (nSPS) is 22.5. The summed E-state index contributed by atoms with van der Waals surface area (Å²) in [5.41, 5.74) is 0.703. The molecule has 1 aromatic rings. The summed E-state index contributed by atoms with van der Waals surface area (Å²) in [5, 5.41) is 9.61. The molecule has 28 heavy (non-hydrogen) atoms. The minimum Gasteiger partial charge on any atom is -0.356 e. The molecular formula is C22H36N6. The molecule has 2 fully saturated rings. The van der Waals surface area contributed by atoms with Crippen molar-refractivity contribution in [3.8, 4) is 6.07 Å². The van der Waals surface area contributed by atoms with E-state index in [0.717, 1.165) is 64.0 Å². The quantitative estimate of drug-likeness (QED) is 0.686. The molecule has 3 heterocycles. The third-order valence-electron chi connectivity index (χ3n) is 6.40. The molecule has 0 radical (unpaired) electrons. The van der Waals surface area contributed by atoms with Crippen LogP contribution < -0.4 is 9.80 Å². The van der Waals surface area contributed by atoms with E-state index in [2.05, 4.69) is 53.6 Å². The Labute approximate surface area is 170 Å². The topological polar surface area (TPSA) is 49.6 Å². The SMILES string of the molecule is CCN(C)C[C@@H]1CCN(c2ccc(C#N)c(N3CC[C@@H](CN(C)CC)C3)n2)C1. The van der Waals surface area contributed by atoms with E-state index in [9.17, 15) is 5.26 Å². The molecule has 3 rings (SSSR count). The van der Waals surface area contributed by atoms with Gasteiger partial charge in [-0.15, -0.1) is 0 Å². The van der Waals surface area contributed by atoms with Gasteiger partial charge in [0.05, 0.1) is 5.56 Å². The van der Waals surface area contributed by atoms with Crippen LogP contribution in [0.3, 0.4) is 0 Å². The molecule has 6 nitrogen and oxygen atoms in total. The molecule has 0 aromatic carbocycles. The first kappa shape index (κ1) is 20.9. The third kappa shape index (κ3) is 4.95. The van der Waals surface area contributed by atoms with Crippen LogP contribution in [0.5, 0.6) is 0 Å². The summed E-state index contributed by atoms with van der Waals surface area (Å²) in [7, 11) is 4.38. The van der Waals surface area contributed by atoms with E-state index in [1.54, 1.807) is 0 Å². The van der Waals surface area contributed by atoms with Crippen molar-refractivity contribution < 1.29 is 0 Å². The van der Waals surface area contributed by atoms with Crippen LogP contribution in [-0.2, 0) is 0 Å². The first-order valence-electron chi connectivity index (χ1n) is 10.8. The minimum atomic E-state index is 0.655. The van der Waals surface area contributed by atoms with Gasteiger partial charge in [0.15, 0.2) is 0 Å². The molecule has 6 heteroatoms. The Balaban J connectivity index is 1.69. The van der Waals surface area contributed by atoms with Crippen molar-refractivity contribution in [2.24, 2.45) is 11.8 Å². The fourth-order valence-electron chi connectivity index (χ4n) is 4.45. The molecule has 2 aliphatic rings. The van der Waals surface area contributed by atoms with Gasteiger partial charge >= 0.3 is 0 Å². The maximum atomic E-state index is 9.61. The lowest BCUT2D eigenvalue weighted by atomic mass is 10.1. The maximum absolute atomic E-state index is 9.61. The van der Waals surface area contributed by atoms with Gasteiger partial charge in [-0.1, -0.05) is 13.8 Å². The van der Waals surface area contributed by atoms with E-state index in [0.29, 0.717) is 17.4 Å². The predicted octanol–water partition coefficient (Wildman–Crippen LogP) is 2.51. The first-order chi connectivity index (χ1) is 13.5. The second-order valence-corrected chi connectivity index (χ2v) is 8.56. The van der Waals surface area contributed by atoms with E-state index in [1.165, 1.54) is 12.8 Å². The fraction of sp³-hybridized carbons (Fsp3) is 0.727. The van der Waals surface area contributed by atoms with Crippen LogP contribution in [0.25, 0.3) is 0 Å². The zero-order valence-corrected chi connectivity index (χ0v) is 18.1. The molecule has 154 valence electrons. The molecule has 2 saturated heterocycles. The average Bonchev–Trinajstić information content (AvgIpc) is 3.37. The standard InChI is InChI=1S/C22H36N6/c1-5-25(3)14-18-9-11-27(16-18)21-8-7-20(13-23)22(24-21)28-12-10-19(17-28)15-26(4)6-2/h7-8,18-19H,5-6,9-12,14-17H2,1-4H3/t18-,19-/m0/s1. The van der Waals surface area contributed by atoms with E-state index in [-0.39, 0.29) is 0 Å². The Morgan fingerprint density at radius 3 is 2.14 bits per heavy atom. The van der Waals surface area contributed by atoms with Crippen LogP contribution in [0, 0.1) is 23.2 Å². The first-order valence-corrected chi connectivity index (χ1v) is 10.8. The zero-order chi connectivity index (χ0) is 20.1. The summed E-state index contributed by atoms with van der Waals surface area (Å²) in [4.78, 5) is 14.5. The molecular weight excluding hydrogens is 348 g/mol. The van der Waals surface area contributed by atoms with Crippen LogP contribution in [-0.4, -0.2) is 81.2 Å². The molecule has 0 saturated carbocycles. The van der Waals surface area contributed by atoms with Gasteiger partial charge in [0, 0.05) is 39.3 Å². The lowest BCUT2D eigenvalue weighted by molar-refractivity contribution is 0.300. The average molecular weight is 385 g/mol. The van der Waals surface area contributed by atoms with E-state index in [1.807, 2.05) is 12.1 Å². The zero-order valence-electron chi connectivity index (χ0n) is 18.1. The van der Waals surface area contributed by atoms with Gasteiger partial charge in [0.25, 0.3) is 0 Å². The fourth-order valence-corrected chi connectivity index (χ4v) is 4.45. The number of aromatic nitrogens is 1. The van der Waals surface area contributed by atoms with Crippen molar-refractivity contribution in [3.05, 3.63) is 17.7 Å². The molecule has 0 aliphatic carbocycles. The molecule has 2 aliphatic heterocycles. The Morgan fingerprint density at radius 1 is 1.00 bits per heavy atom. The highest BCUT2D eigenvalue weighted by Crippen LogP contribution is 2.30. The molecule has 0 spiro atoms. The Morgan fingerprint density at radius 2 is 1.57 bits per heavy atom.